The number of carbonyl (C=O) groups is 2. The van der Waals surface area contributed by atoms with Crippen molar-refractivity contribution in [2.75, 3.05) is 19.6 Å². The van der Waals surface area contributed by atoms with Crippen molar-refractivity contribution in [1.29, 1.82) is 0 Å². The minimum Gasteiger partial charge on any atom is -0.353 e. The lowest BCUT2D eigenvalue weighted by atomic mass is 10.0. The third-order valence-electron chi connectivity index (χ3n) is 5.08. The molecule has 0 spiro atoms. The van der Waals surface area contributed by atoms with Crippen LogP contribution in [0.3, 0.4) is 0 Å². The number of halogens is 1. The molecular weight excluding hydrogens is 396 g/mol. The van der Waals surface area contributed by atoms with Crippen molar-refractivity contribution in [2.45, 2.75) is 50.7 Å². The summed E-state index contributed by atoms with van der Waals surface area (Å²) in [6.07, 6.45) is 5.11. The Morgan fingerprint density at radius 1 is 1.19 bits per heavy atom. The second kappa shape index (κ2) is 9.37. The molecule has 6 nitrogen and oxygen atoms in total. The van der Waals surface area contributed by atoms with Gasteiger partial charge in [0.2, 0.25) is 5.91 Å². The number of benzene rings is 1. The molecule has 7 heteroatoms. The predicted molar refractivity (Wildman–Crippen MR) is 105 cm³/mol. The fourth-order valence-electron chi connectivity index (χ4n) is 3.65. The zero-order chi connectivity index (χ0) is 18.4. The summed E-state index contributed by atoms with van der Waals surface area (Å²) in [7, 11) is 0. The number of hydrogen-bond acceptors (Lipinski definition) is 3. The highest BCUT2D eigenvalue weighted by molar-refractivity contribution is 9.10. The van der Waals surface area contributed by atoms with Crippen LogP contribution in [0.5, 0.6) is 0 Å². The fourth-order valence-corrected chi connectivity index (χ4v) is 4.09. The quantitative estimate of drug-likeness (QED) is 0.681. The van der Waals surface area contributed by atoms with E-state index in [0.29, 0.717) is 25.7 Å². The highest BCUT2D eigenvalue weighted by atomic mass is 79.9. The lowest BCUT2D eigenvalue weighted by Gasteiger charge is -2.27. The van der Waals surface area contributed by atoms with Crippen molar-refractivity contribution >= 4 is 27.9 Å². The van der Waals surface area contributed by atoms with Gasteiger partial charge in [0, 0.05) is 30.1 Å². The van der Waals surface area contributed by atoms with Gasteiger partial charge in [0.1, 0.15) is 6.04 Å². The van der Waals surface area contributed by atoms with Crippen LogP contribution in [-0.4, -0.2) is 48.6 Å². The van der Waals surface area contributed by atoms with Crippen molar-refractivity contribution in [3.05, 3.63) is 34.3 Å². The van der Waals surface area contributed by atoms with Gasteiger partial charge >= 0.3 is 6.03 Å². The predicted octanol–water partition coefficient (Wildman–Crippen LogP) is 2.38. The average molecular weight is 423 g/mol. The summed E-state index contributed by atoms with van der Waals surface area (Å²) in [5.41, 5.74) is 1.02. The highest BCUT2D eigenvalue weighted by Crippen LogP contribution is 2.18. The van der Waals surface area contributed by atoms with Crippen LogP contribution in [-0.2, 0) is 11.3 Å². The molecule has 2 saturated heterocycles. The molecule has 26 heavy (non-hydrogen) atoms. The van der Waals surface area contributed by atoms with Gasteiger partial charge in [0.05, 0.1) is 0 Å². The van der Waals surface area contributed by atoms with E-state index in [-0.39, 0.29) is 18.0 Å². The molecule has 3 rings (SSSR count). The molecule has 0 radical (unpaired) electrons. The van der Waals surface area contributed by atoms with Crippen LogP contribution >= 0.6 is 15.9 Å². The van der Waals surface area contributed by atoms with Crippen LogP contribution in [0, 0.1) is 0 Å². The lowest BCUT2D eigenvalue weighted by Crippen LogP contribution is -2.52. The Bertz CT molecular complexity index is 634. The zero-order valence-corrected chi connectivity index (χ0v) is 16.6. The number of urea groups is 1. The largest absolute Gasteiger partial charge is 0.353 e. The Morgan fingerprint density at radius 3 is 2.85 bits per heavy atom. The van der Waals surface area contributed by atoms with Gasteiger partial charge in [-0.3, -0.25) is 4.79 Å². The van der Waals surface area contributed by atoms with E-state index in [9.17, 15) is 9.59 Å². The number of nitrogens with zero attached hydrogens (tertiary/aromatic N) is 1. The molecule has 0 aliphatic carbocycles. The average Bonchev–Trinajstić information content (AvgIpc) is 3.15. The van der Waals surface area contributed by atoms with Gasteiger partial charge in [0.15, 0.2) is 0 Å². The van der Waals surface area contributed by atoms with E-state index in [0.717, 1.165) is 35.8 Å². The smallest absolute Gasteiger partial charge is 0.318 e. The summed E-state index contributed by atoms with van der Waals surface area (Å²) in [5, 5.41) is 9.39. The first-order valence-electron chi connectivity index (χ1n) is 9.43. The first kappa shape index (κ1) is 19.2. The Morgan fingerprint density at radius 2 is 2.08 bits per heavy atom. The third kappa shape index (κ3) is 5.20. The van der Waals surface area contributed by atoms with Crippen LogP contribution in [0.2, 0.25) is 0 Å². The van der Waals surface area contributed by atoms with Crippen LogP contribution in [0.15, 0.2) is 28.7 Å². The summed E-state index contributed by atoms with van der Waals surface area (Å²) < 4.78 is 0.985. The van der Waals surface area contributed by atoms with Crippen molar-refractivity contribution in [1.82, 2.24) is 20.9 Å². The Balaban J connectivity index is 1.48. The SMILES string of the molecule is O=C(NCC1CCCCN1)[C@@H]1CCCN1C(=O)NCc1cccc(Br)c1. The van der Waals surface area contributed by atoms with E-state index in [1.807, 2.05) is 24.3 Å². The van der Waals surface area contributed by atoms with Crippen molar-refractivity contribution in [2.24, 2.45) is 0 Å². The Labute approximate surface area is 163 Å². The van der Waals surface area contributed by atoms with Crippen molar-refractivity contribution in [3.8, 4) is 0 Å². The molecule has 2 fully saturated rings. The van der Waals surface area contributed by atoms with E-state index < -0.39 is 0 Å². The van der Waals surface area contributed by atoms with Gasteiger partial charge in [-0.1, -0.05) is 34.5 Å². The number of likely N-dealkylation sites (tertiary alicyclic amines) is 1. The molecule has 1 aromatic rings. The molecule has 0 aromatic heterocycles. The van der Waals surface area contributed by atoms with Crippen LogP contribution in [0.4, 0.5) is 4.79 Å². The van der Waals surface area contributed by atoms with E-state index in [1.165, 1.54) is 12.8 Å². The van der Waals surface area contributed by atoms with Crippen LogP contribution in [0.1, 0.15) is 37.7 Å². The minimum absolute atomic E-state index is 0.0347. The molecule has 3 N–H and O–H groups in total. The summed E-state index contributed by atoms with van der Waals surface area (Å²) in [4.78, 5) is 26.8. The Kier molecular flexibility index (Phi) is 6.91. The molecular formula is C19H27BrN4O2. The number of rotatable bonds is 5. The maximum absolute atomic E-state index is 12.6. The molecule has 2 heterocycles. The topological polar surface area (TPSA) is 73.5 Å². The second-order valence-electron chi connectivity index (χ2n) is 7.03. The van der Waals surface area contributed by atoms with Crippen molar-refractivity contribution in [3.63, 3.8) is 0 Å². The van der Waals surface area contributed by atoms with Gasteiger partial charge in [-0.05, 0) is 49.9 Å². The van der Waals surface area contributed by atoms with Gasteiger partial charge in [-0.2, -0.15) is 0 Å². The molecule has 2 atom stereocenters. The number of carbonyl (C=O) groups excluding carboxylic acids is 2. The summed E-state index contributed by atoms with van der Waals surface area (Å²) in [6, 6.07) is 7.67. The molecule has 0 bridgehead atoms. The zero-order valence-electron chi connectivity index (χ0n) is 15.0. The highest BCUT2D eigenvalue weighted by Gasteiger charge is 2.34. The van der Waals surface area contributed by atoms with E-state index in [2.05, 4.69) is 31.9 Å². The molecule has 0 saturated carbocycles. The van der Waals surface area contributed by atoms with Crippen LogP contribution < -0.4 is 16.0 Å². The van der Waals surface area contributed by atoms with Gasteiger partial charge in [-0.15, -0.1) is 0 Å². The number of hydrogen-bond donors (Lipinski definition) is 3. The Hall–Kier alpha value is -1.60. The lowest BCUT2D eigenvalue weighted by molar-refractivity contribution is -0.124. The molecule has 1 aromatic carbocycles. The van der Waals surface area contributed by atoms with Crippen molar-refractivity contribution < 1.29 is 9.59 Å². The molecule has 2 aliphatic heterocycles. The van der Waals surface area contributed by atoms with Gasteiger partial charge in [0.25, 0.3) is 0 Å². The van der Waals surface area contributed by atoms with Crippen LogP contribution in [0.25, 0.3) is 0 Å². The standard InChI is InChI=1S/C19H27BrN4O2/c20-15-6-3-5-14(11-15)12-23-19(26)24-10-4-8-17(24)18(25)22-13-16-7-1-2-9-21-16/h3,5-6,11,16-17,21H,1-2,4,7-10,12-13H2,(H,22,25)(H,23,26)/t16?,17-/m0/s1. The van der Waals surface area contributed by atoms with E-state index in [4.69, 9.17) is 0 Å². The molecule has 142 valence electrons. The normalized spacial score (nSPS) is 22.9. The fraction of sp³-hybridized carbons (Fsp3) is 0.579. The third-order valence-corrected chi connectivity index (χ3v) is 5.58. The number of amides is 3. The maximum atomic E-state index is 12.6. The summed E-state index contributed by atoms with van der Waals surface area (Å²) in [5.74, 6) is -0.0347. The van der Waals surface area contributed by atoms with E-state index in [1.54, 1.807) is 4.90 Å². The summed E-state index contributed by atoms with van der Waals surface area (Å²) in [6.45, 7) is 2.75. The number of nitrogens with one attached hydrogen (secondary N) is 3. The minimum atomic E-state index is -0.360. The van der Waals surface area contributed by atoms with Gasteiger partial charge < -0.3 is 20.9 Å². The van der Waals surface area contributed by atoms with Gasteiger partial charge in [-0.25, -0.2) is 4.79 Å². The first-order valence-corrected chi connectivity index (χ1v) is 10.2. The van der Waals surface area contributed by atoms with E-state index >= 15 is 0 Å². The molecule has 1 unspecified atom stereocenters. The second-order valence-corrected chi connectivity index (χ2v) is 7.95. The number of piperidine rings is 1. The maximum Gasteiger partial charge on any atom is 0.318 e. The first-order chi connectivity index (χ1) is 12.6. The molecule has 3 amide bonds. The monoisotopic (exact) mass is 422 g/mol. The summed E-state index contributed by atoms with van der Waals surface area (Å²) >= 11 is 3.43. The molecule has 2 aliphatic rings.